The number of carbonyl (C=O) groups excluding carboxylic acids is 1. The van der Waals surface area contributed by atoms with Crippen LogP contribution in [0.3, 0.4) is 0 Å². The SMILES string of the molecule is O=C(C1CNC1)N1CCOC(Cc2ccccc2)C1. The van der Waals surface area contributed by atoms with Crippen LogP contribution in [-0.2, 0) is 16.0 Å². The van der Waals surface area contributed by atoms with Gasteiger partial charge in [-0.3, -0.25) is 4.79 Å². The monoisotopic (exact) mass is 260 g/mol. The Hall–Kier alpha value is -1.39. The maximum Gasteiger partial charge on any atom is 0.228 e. The van der Waals surface area contributed by atoms with E-state index in [-0.39, 0.29) is 12.0 Å². The Morgan fingerprint density at radius 1 is 1.32 bits per heavy atom. The third kappa shape index (κ3) is 2.96. The van der Waals surface area contributed by atoms with Gasteiger partial charge < -0.3 is 15.0 Å². The first-order valence-corrected chi connectivity index (χ1v) is 6.98. The minimum atomic E-state index is 0.133. The molecular weight excluding hydrogens is 240 g/mol. The van der Waals surface area contributed by atoms with Crippen molar-refractivity contribution >= 4 is 5.91 Å². The Labute approximate surface area is 113 Å². The fraction of sp³-hybridized carbons (Fsp3) is 0.533. The Morgan fingerprint density at radius 2 is 2.11 bits per heavy atom. The summed E-state index contributed by atoms with van der Waals surface area (Å²) in [4.78, 5) is 14.2. The second-order valence-electron chi connectivity index (χ2n) is 5.32. The highest BCUT2D eigenvalue weighted by Crippen LogP contribution is 2.15. The van der Waals surface area contributed by atoms with Gasteiger partial charge in [0.25, 0.3) is 0 Å². The molecule has 2 aliphatic heterocycles. The molecule has 0 aromatic heterocycles. The van der Waals surface area contributed by atoms with Crippen LogP contribution in [0.2, 0.25) is 0 Å². The number of ether oxygens (including phenoxy) is 1. The molecule has 102 valence electrons. The zero-order chi connectivity index (χ0) is 13.1. The maximum atomic E-state index is 12.2. The van der Waals surface area contributed by atoms with Crippen molar-refractivity contribution in [1.29, 1.82) is 0 Å². The van der Waals surface area contributed by atoms with Crippen LogP contribution in [-0.4, -0.2) is 49.7 Å². The van der Waals surface area contributed by atoms with Crippen molar-refractivity contribution in [2.24, 2.45) is 5.92 Å². The number of nitrogens with one attached hydrogen (secondary N) is 1. The Kier molecular flexibility index (Phi) is 3.80. The van der Waals surface area contributed by atoms with E-state index < -0.39 is 0 Å². The zero-order valence-corrected chi connectivity index (χ0v) is 11.0. The van der Waals surface area contributed by atoms with E-state index in [9.17, 15) is 4.79 Å². The third-order valence-corrected chi connectivity index (χ3v) is 3.89. The molecule has 2 aliphatic rings. The summed E-state index contributed by atoms with van der Waals surface area (Å²) in [7, 11) is 0. The molecule has 0 radical (unpaired) electrons. The van der Waals surface area contributed by atoms with Crippen LogP contribution < -0.4 is 5.32 Å². The number of amides is 1. The minimum absolute atomic E-state index is 0.133. The van der Waals surface area contributed by atoms with Gasteiger partial charge in [-0.05, 0) is 5.56 Å². The topological polar surface area (TPSA) is 41.6 Å². The molecule has 0 bridgehead atoms. The number of morpholine rings is 1. The summed E-state index contributed by atoms with van der Waals surface area (Å²) in [6.45, 7) is 3.79. The summed E-state index contributed by atoms with van der Waals surface area (Å²) in [5.41, 5.74) is 1.27. The number of hydrogen-bond donors (Lipinski definition) is 1. The van der Waals surface area contributed by atoms with Gasteiger partial charge in [-0.15, -0.1) is 0 Å². The molecule has 0 saturated carbocycles. The lowest BCUT2D eigenvalue weighted by Gasteiger charge is -2.37. The van der Waals surface area contributed by atoms with E-state index in [0.29, 0.717) is 12.5 Å². The molecule has 1 N–H and O–H groups in total. The summed E-state index contributed by atoms with van der Waals surface area (Å²) in [6.07, 6.45) is 1.02. The predicted molar refractivity (Wildman–Crippen MR) is 72.8 cm³/mol. The van der Waals surface area contributed by atoms with Gasteiger partial charge in [-0.1, -0.05) is 30.3 Å². The van der Waals surface area contributed by atoms with Gasteiger partial charge in [-0.25, -0.2) is 0 Å². The van der Waals surface area contributed by atoms with Crippen molar-refractivity contribution < 1.29 is 9.53 Å². The molecule has 1 unspecified atom stereocenters. The fourth-order valence-corrected chi connectivity index (χ4v) is 2.64. The summed E-state index contributed by atoms with van der Waals surface area (Å²) < 4.78 is 5.78. The largest absolute Gasteiger partial charge is 0.374 e. The lowest BCUT2D eigenvalue weighted by atomic mass is 10.0. The van der Waals surface area contributed by atoms with Gasteiger partial charge in [0.2, 0.25) is 5.91 Å². The van der Waals surface area contributed by atoms with Crippen LogP contribution in [0.4, 0.5) is 0 Å². The number of benzene rings is 1. The molecule has 0 aliphatic carbocycles. The predicted octanol–water partition coefficient (Wildman–Crippen LogP) is 0.676. The molecule has 4 nitrogen and oxygen atoms in total. The second-order valence-corrected chi connectivity index (χ2v) is 5.32. The molecule has 3 rings (SSSR count). The van der Waals surface area contributed by atoms with E-state index in [0.717, 1.165) is 32.6 Å². The Morgan fingerprint density at radius 3 is 2.79 bits per heavy atom. The third-order valence-electron chi connectivity index (χ3n) is 3.89. The first-order chi connectivity index (χ1) is 9.33. The standard InChI is InChI=1S/C15H20N2O2/c18-15(13-9-16-10-13)17-6-7-19-14(11-17)8-12-4-2-1-3-5-12/h1-5,13-14,16H,6-11H2. The van der Waals surface area contributed by atoms with Crippen LogP contribution in [0, 0.1) is 5.92 Å². The normalized spacial score (nSPS) is 24.0. The van der Waals surface area contributed by atoms with Crippen molar-refractivity contribution in [2.75, 3.05) is 32.8 Å². The average Bonchev–Trinajstić information content (AvgIpc) is 2.38. The van der Waals surface area contributed by atoms with Crippen molar-refractivity contribution in [1.82, 2.24) is 10.2 Å². The van der Waals surface area contributed by atoms with Crippen molar-refractivity contribution in [2.45, 2.75) is 12.5 Å². The highest BCUT2D eigenvalue weighted by Gasteiger charge is 2.32. The highest BCUT2D eigenvalue weighted by molar-refractivity contribution is 5.80. The molecule has 2 fully saturated rings. The number of hydrogen-bond acceptors (Lipinski definition) is 3. The first kappa shape index (κ1) is 12.6. The van der Waals surface area contributed by atoms with E-state index >= 15 is 0 Å². The molecular formula is C15H20N2O2. The second kappa shape index (κ2) is 5.72. The van der Waals surface area contributed by atoms with Gasteiger partial charge in [0.1, 0.15) is 0 Å². The molecule has 1 aromatic carbocycles. The molecule has 1 aromatic rings. The van der Waals surface area contributed by atoms with Crippen LogP contribution in [0.5, 0.6) is 0 Å². The quantitative estimate of drug-likeness (QED) is 0.869. The van der Waals surface area contributed by atoms with E-state index in [4.69, 9.17) is 4.74 Å². The summed E-state index contributed by atoms with van der Waals surface area (Å²) in [5, 5.41) is 3.15. The number of rotatable bonds is 3. The lowest BCUT2D eigenvalue weighted by Crippen LogP contribution is -2.55. The van der Waals surface area contributed by atoms with Gasteiger partial charge in [0.05, 0.1) is 18.6 Å². The number of carbonyl (C=O) groups is 1. The molecule has 1 amide bonds. The van der Waals surface area contributed by atoms with E-state index in [1.807, 2.05) is 23.1 Å². The van der Waals surface area contributed by atoms with Crippen LogP contribution in [0.25, 0.3) is 0 Å². The maximum absolute atomic E-state index is 12.2. The van der Waals surface area contributed by atoms with Gasteiger partial charge >= 0.3 is 0 Å². The first-order valence-electron chi connectivity index (χ1n) is 6.98. The van der Waals surface area contributed by atoms with Gasteiger partial charge in [0.15, 0.2) is 0 Å². The van der Waals surface area contributed by atoms with Crippen molar-refractivity contribution in [3.8, 4) is 0 Å². The molecule has 4 heteroatoms. The molecule has 1 atom stereocenters. The average molecular weight is 260 g/mol. The van der Waals surface area contributed by atoms with E-state index in [1.54, 1.807) is 0 Å². The van der Waals surface area contributed by atoms with Crippen molar-refractivity contribution in [3.05, 3.63) is 35.9 Å². The number of nitrogens with zero attached hydrogens (tertiary/aromatic N) is 1. The molecule has 0 spiro atoms. The van der Waals surface area contributed by atoms with Crippen LogP contribution in [0.15, 0.2) is 30.3 Å². The lowest BCUT2D eigenvalue weighted by molar-refractivity contribution is -0.144. The zero-order valence-electron chi connectivity index (χ0n) is 11.0. The summed E-state index contributed by atoms with van der Waals surface area (Å²) >= 11 is 0. The highest BCUT2D eigenvalue weighted by atomic mass is 16.5. The summed E-state index contributed by atoms with van der Waals surface area (Å²) in [6, 6.07) is 10.3. The van der Waals surface area contributed by atoms with Gasteiger partial charge in [0, 0.05) is 32.6 Å². The summed E-state index contributed by atoms with van der Waals surface area (Å²) in [5.74, 6) is 0.482. The van der Waals surface area contributed by atoms with Gasteiger partial charge in [-0.2, -0.15) is 0 Å². The van der Waals surface area contributed by atoms with Crippen molar-refractivity contribution in [3.63, 3.8) is 0 Å². The minimum Gasteiger partial charge on any atom is -0.374 e. The Bertz CT molecular complexity index is 431. The smallest absolute Gasteiger partial charge is 0.228 e. The molecule has 19 heavy (non-hydrogen) atoms. The van der Waals surface area contributed by atoms with E-state index in [1.165, 1.54) is 5.56 Å². The molecule has 2 heterocycles. The Balaban J connectivity index is 1.57. The fourth-order valence-electron chi connectivity index (χ4n) is 2.64. The van der Waals surface area contributed by atoms with Crippen LogP contribution in [0.1, 0.15) is 5.56 Å². The van der Waals surface area contributed by atoms with Crippen LogP contribution >= 0.6 is 0 Å². The van der Waals surface area contributed by atoms with E-state index in [2.05, 4.69) is 17.4 Å². The molecule has 2 saturated heterocycles.